The second-order valence-corrected chi connectivity index (χ2v) is 13.0. The van der Waals surface area contributed by atoms with Crippen molar-refractivity contribution < 1.29 is 42.6 Å². The van der Waals surface area contributed by atoms with E-state index in [9.17, 15) is 28.7 Å². The van der Waals surface area contributed by atoms with Gasteiger partial charge in [-0.2, -0.15) is 4.98 Å². The van der Waals surface area contributed by atoms with E-state index in [1.807, 2.05) is 12.2 Å². The van der Waals surface area contributed by atoms with E-state index < -0.39 is 46.8 Å². The van der Waals surface area contributed by atoms with Crippen LogP contribution in [0.1, 0.15) is 78.6 Å². The number of ketones is 1. The summed E-state index contributed by atoms with van der Waals surface area (Å²) >= 11 is 0. The van der Waals surface area contributed by atoms with Gasteiger partial charge in [-0.15, -0.1) is 0 Å². The number of allylic oxidation sites excluding steroid dienone is 2. The van der Waals surface area contributed by atoms with Crippen molar-refractivity contribution in [1.82, 2.24) is 9.88 Å². The van der Waals surface area contributed by atoms with Gasteiger partial charge in [0.2, 0.25) is 5.91 Å². The number of ether oxygens (including phenoxy) is 2. The van der Waals surface area contributed by atoms with Crippen LogP contribution >= 0.6 is 0 Å². The number of oxazole rings is 1. The van der Waals surface area contributed by atoms with Gasteiger partial charge in [0.25, 0.3) is 0 Å². The molecule has 5 atom stereocenters. The number of carbonyl (C=O) groups is 4. The molecular formula is C32H39FN2O8. The first kappa shape index (κ1) is 30.7. The van der Waals surface area contributed by atoms with Crippen LogP contribution in [0.4, 0.5) is 4.39 Å². The third-order valence-corrected chi connectivity index (χ3v) is 8.54. The Morgan fingerprint density at radius 3 is 2.74 bits per heavy atom. The van der Waals surface area contributed by atoms with Crippen molar-refractivity contribution in [2.75, 3.05) is 6.54 Å². The predicted molar refractivity (Wildman–Crippen MR) is 152 cm³/mol. The van der Waals surface area contributed by atoms with Crippen LogP contribution in [0.25, 0.3) is 11.1 Å². The molecular weight excluding hydrogens is 559 g/mol. The average Bonchev–Trinajstić information content (AvgIpc) is 3.23. The van der Waals surface area contributed by atoms with Crippen LogP contribution in [0.2, 0.25) is 0 Å². The molecule has 11 heteroatoms. The molecule has 2 aliphatic heterocycles. The van der Waals surface area contributed by atoms with Crippen LogP contribution in [-0.2, 0) is 23.9 Å². The first-order valence-electron chi connectivity index (χ1n) is 15.0. The lowest BCUT2D eigenvalue weighted by Gasteiger charge is -2.29. The summed E-state index contributed by atoms with van der Waals surface area (Å²) in [6.45, 7) is 5.31. The number of fused-ring (bicyclic) bond motifs is 3. The number of hydrogen-bond acceptors (Lipinski definition) is 8. The Balaban J connectivity index is 1.42. The number of aromatic nitrogens is 1. The second-order valence-electron chi connectivity index (χ2n) is 13.0. The lowest BCUT2D eigenvalue weighted by atomic mass is 9.91. The number of hydrogen-bond donors (Lipinski definition) is 1. The van der Waals surface area contributed by atoms with Gasteiger partial charge >= 0.3 is 18.0 Å². The van der Waals surface area contributed by atoms with Crippen molar-refractivity contribution in [3.05, 3.63) is 36.2 Å². The molecule has 0 unspecified atom stereocenters. The summed E-state index contributed by atoms with van der Waals surface area (Å²) < 4.78 is 30.8. The Labute approximate surface area is 249 Å². The van der Waals surface area contributed by atoms with Gasteiger partial charge in [0.1, 0.15) is 23.0 Å². The molecule has 2 aromatic rings. The van der Waals surface area contributed by atoms with E-state index >= 15 is 0 Å². The van der Waals surface area contributed by atoms with Gasteiger partial charge in [0, 0.05) is 24.8 Å². The number of esters is 1. The van der Waals surface area contributed by atoms with E-state index in [1.165, 1.54) is 23.1 Å². The molecule has 3 aliphatic rings. The SMILES string of the molecule is CC(C)(C)OC(=O)C[C@H]1CCCCC/C=C\[C@H]2C[C@@]2(C(=O)O)CC(=O)[C@@H]2C[C@@H](Oc3nc4cc(F)ccc4o3)CN2C1=O. The molecule has 1 aromatic heterocycles. The predicted octanol–water partition coefficient (Wildman–Crippen LogP) is 5.23. The van der Waals surface area contributed by atoms with Gasteiger partial charge in [0.15, 0.2) is 11.4 Å². The summed E-state index contributed by atoms with van der Waals surface area (Å²) in [7, 11) is 0. The Bertz CT molecular complexity index is 1430. The average molecular weight is 599 g/mol. The monoisotopic (exact) mass is 598 g/mol. The fourth-order valence-electron chi connectivity index (χ4n) is 6.27. The number of benzene rings is 1. The minimum atomic E-state index is -1.19. The first-order chi connectivity index (χ1) is 20.3. The lowest BCUT2D eigenvalue weighted by Crippen LogP contribution is -2.45. The van der Waals surface area contributed by atoms with E-state index in [0.717, 1.165) is 19.3 Å². The van der Waals surface area contributed by atoms with Gasteiger partial charge in [-0.1, -0.05) is 25.0 Å². The summed E-state index contributed by atoms with van der Waals surface area (Å²) in [6, 6.07) is 2.95. The number of aliphatic carboxylic acids is 1. The van der Waals surface area contributed by atoms with Gasteiger partial charge in [-0.25, -0.2) is 4.39 Å². The van der Waals surface area contributed by atoms with E-state index in [0.29, 0.717) is 24.8 Å². The van der Waals surface area contributed by atoms with Crippen LogP contribution in [0.5, 0.6) is 6.08 Å². The van der Waals surface area contributed by atoms with Crippen molar-refractivity contribution >= 4 is 34.7 Å². The van der Waals surface area contributed by atoms with Crippen molar-refractivity contribution in [1.29, 1.82) is 0 Å². The third-order valence-electron chi connectivity index (χ3n) is 8.54. The van der Waals surface area contributed by atoms with E-state index in [-0.39, 0.29) is 55.0 Å². The fraction of sp³-hybridized carbons (Fsp3) is 0.594. The highest BCUT2D eigenvalue weighted by atomic mass is 19.1. The lowest BCUT2D eigenvalue weighted by molar-refractivity contribution is -0.159. The molecule has 1 saturated heterocycles. The van der Waals surface area contributed by atoms with Crippen LogP contribution in [0, 0.1) is 23.1 Å². The molecule has 1 amide bonds. The molecule has 1 N–H and O–H groups in total. The maximum absolute atomic E-state index is 14.1. The quantitative estimate of drug-likeness (QED) is 0.362. The molecule has 43 heavy (non-hydrogen) atoms. The highest BCUT2D eigenvalue weighted by Gasteiger charge is 2.61. The molecule has 0 bridgehead atoms. The van der Waals surface area contributed by atoms with Crippen molar-refractivity contribution in [2.24, 2.45) is 17.3 Å². The van der Waals surface area contributed by atoms with Crippen LogP contribution in [-0.4, -0.2) is 62.9 Å². The molecule has 5 rings (SSSR count). The number of carbonyl (C=O) groups excluding carboxylic acids is 3. The number of amides is 1. The van der Waals surface area contributed by atoms with Gasteiger partial charge in [-0.3, -0.25) is 19.2 Å². The molecule has 0 radical (unpaired) electrons. The maximum Gasteiger partial charge on any atom is 0.394 e. The highest BCUT2D eigenvalue weighted by Crippen LogP contribution is 2.57. The summed E-state index contributed by atoms with van der Waals surface area (Å²) in [5.74, 6) is -3.67. The van der Waals surface area contributed by atoms with Gasteiger partial charge in [0.05, 0.1) is 24.4 Å². The molecule has 10 nitrogen and oxygen atoms in total. The number of rotatable bonds is 5. The molecule has 232 valence electrons. The van der Waals surface area contributed by atoms with Crippen LogP contribution in [0.15, 0.2) is 34.8 Å². The highest BCUT2D eigenvalue weighted by molar-refractivity contribution is 5.95. The molecule has 0 spiro atoms. The zero-order valence-electron chi connectivity index (χ0n) is 24.8. The van der Waals surface area contributed by atoms with E-state index in [4.69, 9.17) is 13.9 Å². The van der Waals surface area contributed by atoms with Crippen molar-refractivity contribution in [3.63, 3.8) is 0 Å². The zero-order valence-corrected chi connectivity index (χ0v) is 24.8. The zero-order chi connectivity index (χ0) is 30.9. The number of nitrogens with zero attached hydrogens (tertiary/aromatic N) is 2. The largest absolute Gasteiger partial charge is 0.481 e. The van der Waals surface area contributed by atoms with Crippen LogP contribution in [0.3, 0.4) is 0 Å². The Hall–Kier alpha value is -3.76. The molecule has 1 aromatic carbocycles. The summed E-state index contributed by atoms with van der Waals surface area (Å²) in [5.41, 5.74) is -1.32. The van der Waals surface area contributed by atoms with Gasteiger partial charge in [-0.05, 0) is 64.5 Å². The molecule has 3 heterocycles. The number of carboxylic acid groups (broad SMARTS) is 1. The van der Waals surface area contributed by atoms with E-state index in [2.05, 4.69) is 4.98 Å². The Morgan fingerprint density at radius 2 is 2.00 bits per heavy atom. The standard InChI is InChI=1S/C32H39FN2O8/c1-31(2,3)43-27(37)13-19-9-7-5-4-6-8-10-20-16-32(20,29(39)40)17-25(36)24-15-22(18-35(24)28(19)38)41-30-34-23-14-21(33)11-12-26(23)42-30/h8,10-12,14,19-20,22,24H,4-7,9,13,15-18H2,1-3H3,(H,39,40)/b10-8-/t19-,20+,22-,24+,32-/m1/s1. The maximum atomic E-state index is 14.1. The first-order valence-corrected chi connectivity index (χ1v) is 15.0. The number of Topliss-reactive ketones (excluding diaryl/α,β-unsaturated/α-hetero) is 1. The molecule has 2 fully saturated rings. The minimum absolute atomic E-state index is 0.0244. The second kappa shape index (κ2) is 12.1. The summed E-state index contributed by atoms with van der Waals surface area (Å²) in [5, 5.41) is 10.1. The van der Waals surface area contributed by atoms with Crippen LogP contribution < -0.4 is 4.74 Å². The Kier molecular flexibility index (Phi) is 8.63. The summed E-state index contributed by atoms with van der Waals surface area (Å²) in [6.07, 6.45) is 6.86. The fourth-order valence-corrected chi connectivity index (χ4v) is 6.27. The topological polar surface area (TPSA) is 136 Å². The van der Waals surface area contributed by atoms with Gasteiger partial charge < -0.3 is 23.9 Å². The normalized spacial score (nSPS) is 29.3. The number of carboxylic acids is 1. The number of halogens is 1. The molecule has 1 aliphatic carbocycles. The summed E-state index contributed by atoms with van der Waals surface area (Å²) in [4.78, 5) is 58.7. The molecule has 1 saturated carbocycles. The smallest absolute Gasteiger partial charge is 0.394 e. The van der Waals surface area contributed by atoms with E-state index in [1.54, 1.807) is 20.8 Å². The van der Waals surface area contributed by atoms with Crippen molar-refractivity contribution in [2.45, 2.75) is 96.3 Å². The minimum Gasteiger partial charge on any atom is -0.481 e. The Morgan fingerprint density at radius 1 is 1.21 bits per heavy atom. The third kappa shape index (κ3) is 7.08. The van der Waals surface area contributed by atoms with Crippen molar-refractivity contribution in [3.8, 4) is 6.08 Å².